The molecule has 7 heteroatoms. The Morgan fingerprint density at radius 1 is 0.974 bits per heavy atom. The molecular formula is C31H39N3O4. The van der Waals surface area contributed by atoms with E-state index in [0.717, 1.165) is 67.4 Å². The second-order valence-electron chi connectivity index (χ2n) is 9.23. The lowest BCUT2D eigenvalue weighted by atomic mass is 10.1. The van der Waals surface area contributed by atoms with Crippen LogP contribution in [0.15, 0.2) is 72.8 Å². The minimum absolute atomic E-state index is 0.141. The van der Waals surface area contributed by atoms with E-state index in [0.29, 0.717) is 12.2 Å². The summed E-state index contributed by atoms with van der Waals surface area (Å²) in [6, 6.07) is 23.3. The van der Waals surface area contributed by atoms with Gasteiger partial charge < -0.3 is 24.6 Å². The molecule has 38 heavy (non-hydrogen) atoms. The molecule has 1 aliphatic heterocycles. The summed E-state index contributed by atoms with van der Waals surface area (Å²) in [5.74, 6) is 0.611. The number of carbonyl (C=O) groups excluding carboxylic acids is 2. The van der Waals surface area contributed by atoms with Crippen LogP contribution >= 0.6 is 0 Å². The van der Waals surface area contributed by atoms with Crippen molar-refractivity contribution in [1.29, 1.82) is 0 Å². The highest BCUT2D eigenvalue weighted by Gasteiger charge is 2.17. The number of benzene rings is 3. The lowest BCUT2D eigenvalue weighted by Crippen LogP contribution is -2.45. The number of anilines is 2. The van der Waals surface area contributed by atoms with Crippen LogP contribution in [0.5, 0.6) is 5.75 Å². The molecule has 7 nitrogen and oxygen atoms in total. The first-order chi connectivity index (χ1) is 18.5. The van der Waals surface area contributed by atoms with Crippen LogP contribution in [0.25, 0.3) is 0 Å². The molecular weight excluding hydrogens is 478 g/mol. The van der Waals surface area contributed by atoms with E-state index in [-0.39, 0.29) is 5.91 Å². The summed E-state index contributed by atoms with van der Waals surface area (Å²) in [5.41, 5.74) is 4.46. The fraction of sp³-hybridized carbons (Fsp3) is 0.355. The molecule has 1 aliphatic rings. The first kappa shape index (κ1) is 28.7. The van der Waals surface area contributed by atoms with Crippen LogP contribution in [0.1, 0.15) is 41.3 Å². The van der Waals surface area contributed by atoms with Crippen LogP contribution in [0.3, 0.4) is 0 Å². The van der Waals surface area contributed by atoms with Gasteiger partial charge in [-0.3, -0.25) is 9.59 Å². The molecule has 1 heterocycles. The summed E-state index contributed by atoms with van der Waals surface area (Å²) < 4.78 is 10.6. The van der Waals surface area contributed by atoms with Gasteiger partial charge >= 0.3 is 0 Å². The van der Waals surface area contributed by atoms with Crippen molar-refractivity contribution in [2.45, 2.75) is 33.3 Å². The van der Waals surface area contributed by atoms with Gasteiger partial charge in [0.1, 0.15) is 12.4 Å². The monoisotopic (exact) mass is 517 g/mol. The summed E-state index contributed by atoms with van der Waals surface area (Å²) >= 11 is 0. The Hall–Kier alpha value is -3.84. The molecule has 2 amide bonds. The van der Waals surface area contributed by atoms with Crippen molar-refractivity contribution in [1.82, 2.24) is 4.90 Å². The zero-order chi connectivity index (χ0) is 27.2. The summed E-state index contributed by atoms with van der Waals surface area (Å²) in [6.07, 6.45) is 3.32. The van der Waals surface area contributed by atoms with E-state index in [2.05, 4.69) is 17.1 Å². The Morgan fingerprint density at radius 2 is 1.68 bits per heavy atom. The van der Waals surface area contributed by atoms with E-state index in [4.69, 9.17) is 9.47 Å². The molecule has 0 unspecified atom stereocenters. The van der Waals surface area contributed by atoms with Gasteiger partial charge in [0, 0.05) is 56.8 Å². The molecule has 0 aliphatic carbocycles. The highest BCUT2D eigenvalue weighted by atomic mass is 16.5. The van der Waals surface area contributed by atoms with E-state index in [1.807, 2.05) is 79.7 Å². The number of hydrogen-bond donors (Lipinski definition) is 1. The van der Waals surface area contributed by atoms with Crippen molar-refractivity contribution < 1.29 is 19.1 Å². The molecule has 202 valence electrons. The zero-order valence-corrected chi connectivity index (χ0v) is 22.7. The number of hydrogen-bond acceptors (Lipinski definition) is 5. The van der Waals surface area contributed by atoms with Crippen molar-refractivity contribution in [2.75, 3.05) is 50.1 Å². The SMILES string of the molecule is CCCCOC.Cc1cc(N2CCN(C=O)CC2)ccc1C(=O)Nc1ccc(OCc2ccccc2)cc1. The van der Waals surface area contributed by atoms with Gasteiger partial charge in [-0.1, -0.05) is 43.7 Å². The van der Waals surface area contributed by atoms with Crippen molar-refractivity contribution >= 4 is 23.7 Å². The molecule has 0 saturated carbocycles. The van der Waals surface area contributed by atoms with E-state index in [1.54, 1.807) is 12.0 Å². The molecule has 0 aromatic heterocycles. The number of carbonyl (C=O) groups is 2. The van der Waals surface area contributed by atoms with Gasteiger partial charge in [-0.25, -0.2) is 0 Å². The third kappa shape index (κ3) is 8.92. The van der Waals surface area contributed by atoms with E-state index < -0.39 is 0 Å². The number of piperazine rings is 1. The Kier molecular flexibility index (Phi) is 11.7. The Bertz CT molecular complexity index is 1120. The second-order valence-corrected chi connectivity index (χ2v) is 9.23. The van der Waals surface area contributed by atoms with Crippen molar-refractivity contribution in [3.05, 3.63) is 89.5 Å². The van der Waals surface area contributed by atoms with Crippen molar-refractivity contribution in [3.63, 3.8) is 0 Å². The third-order valence-electron chi connectivity index (χ3n) is 6.35. The number of methoxy groups -OCH3 is 1. The maximum absolute atomic E-state index is 12.8. The van der Waals surface area contributed by atoms with Gasteiger partial charge in [0.2, 0.25) is 6.41 Å². The van der Waals surface area contributed by atoms with Gasteiger partial charge in [0.05, 0.1) is 0 Å². The predicted octanol–water partition coefficient (Wildman–Crippen LogP) is 5.54. The molecule has 1 fully saturated rings. The largest absolute Gasteiger partial charge is 0.489 e. The molecule has 1 saturated heterocycles. The van der Waals surface area contributed by atoms with Crippen LogP contribution in [0, 0.1) is 6.92 Å². The van der Waals surface area contributed by atoms with Crippen LogP contribution < -0.4 is 15.0 Å². The van der Waals surface area contributed by atoms with Gasteiger partial charge in [-0.15, -0.1) is 0 Å². The number of nitrogens with one attached hydrogen (secondary N) is 1. The molecule has 4 rings (SSSR count). The van der Waals surface area contributed by atoms with Crippen LogP contribution in [0.2, 0.25) is 0 Å². The molecule has 0 atom stereocenters. The van der Waals surface area contributed by atoms with Crippen molar-refractivity contribution in [2.24, 2.45) is 0 Å². The standard InChI is InChI=1S/C26H27N3O3.C5H12O/c1-20-17-23(29-15-13-28(19-30)14-16-29)9-12-25(20)26(31)27-22-7-10-24(11-8-22)32-18-21-5-3-2-4-6-21;1-3-4-5-6-2/h2-12,17,19H,13-16,18H2,1H3,(H,27,31);3-5H2,1-2H3. The first-order valence-corrected chi connectivity index (χ1v) is 13.2. The third-order valence-corrected chi connectivity index (χ3v) is 6.35. The smallest absolute Gasteiger partial charge is 0.255 e. The number of nitrogens with zero attached hydrogens (tertiary/aromatic N) is 2. The lowest BCUT2D eigenvalue weighted by Gasteiger charge is -2.34. The second kappa shape index (κ2) is 15.4. The van der Waals surface area contributed by atoms with Crippen molar-refractivity contribution in [3.8, 4) is 5.75 Å². The fourth-order valence-electron chi connectivity index (χ4n) is 4.05. The highest BCUT2D eigenvalue weighted by Crippen LogP contribution is 2.22. The van der Waals surface area contributed by atoms with Gasteiger partial charge in [0.25, 0.3) is 5.91 Å². The minimum Gasteiger partial charge on any atom is -0.489 e. The number of ether oxygens (including phenoxy) is 2. The van der Waals surface area contributed by atoms with E-state index in [9.17, 15) is 9.59 Å². The molecule has 0 bridgehead atoms. The minimum atomic E-state index is -0.141. The molecule has 1 N–H and O–H groups in total. The summed E-state index contributed by atoms with van der Waals surface area (Å²) in [6.45, 7) is 8.54. The maximum Gasteiger partial charge on any atom is 0.255 e. The van der Waals surface area contributed by atoms with E-state index >= 15 is 0 Å². The molecule has 0 radical (unpaired) electrons. The van der Waals surface area contributed by atoms with Crippen LogP contribution in [-0.4, -0.2) is 57.1 Å². The quantitative estimate of drug-likeness (QED) is 0.283. The van der Waals surface area contributed by atoms with Crippen LogP contribution in [-0.2, 0) is 16.1 Å². The average Bonchev–Trinajstić information content (AvgIpc) is 2.96. The Balaban J connectivity index is 0.000000599. The maximum atomic E-state index is 12.8. The Labute approximate surface area is 226 Å². The summed E-state index contributed by atoms with van der Waals surface area (Å²) in [5, 5.41) is 2.96. The van der Waals surface area contributed by atoms with Gasteiger partial charge in [-0.05, 0) is 66.9 Å². The first-order valence-electron chi connectivity index (χ1n) is 13.2. The van der Waals surface area contributed by atoms with Crippen LogP contribution in [0.4, 0.5) is 11.4 Å². The predicted molar refractivity (Wildman–Crippen MR) is 153 cm³/mol. The number of amides is 2. The number of rotatable bonds is 10. The average molecular weight is 518 g/mol. The molecule has 3 aromatic carbocycles. The number of aryl methyl sites for hydroxylation is 1. The zero-order valence-electron chi connectivity index (χ0n) is 22.7. The molecule has 3 aromatic rings. The van der Waals surface area contributed by atoms with E-state index in [1.165, 1.54) is 12.8 Å². The van der Waals surface area contributed by atoms with Gasteiger partial charge in [0.15, 0.2) is 0 Å². The van der Waals surface area contributed by atoms with Gasteiger partial charge in [-0.2, -0.15) is 0 Å². The number of unbranched alkanes of at least 4 members (excludes halogenated alkanes) is 1. The summed E-state index contributed by atoms with van der Waals surface area (Å²) in [4.78, 5) is 27.7. The Morgan fingerprint density at radius 3 is 2.26 bits per heavy atom. The highest BCUT2D eigenvalue weighted by molar-refractivity contribution is 6.05. The summed E-state index contributed by atoms with van der Waals surface area (Å²) in [7, 11) is 1.73. The molecule has 0 spiro atoms. The topological polar surface area (TPSA) is 71.1 Å². The fourth-order valence-corrected chi connectivity index (χ4v) is 4.05. The normalized spacial score (nSPS) is 12.8. The lowest BCUT2D eigenvalue weighted by molar-refractivity contribution is -0.118.